The van der Waals surface area contributed by atoms with Crippen molar-refractivity contribution < 1.29 is 0 Å². The van der Waals surface area contributed by atoms with Crippen molar-refractivity contribution >= 4 is 11.4 Å². The van der Waals surface area contributed by atoms with E-state index in [4.69, 9.17) is 5.73 Å². The molecule has 26 heavy (non-hydrogen) atoms. The molecule has 2 aliphatic rings. The van der Waals surface area contributed by atoms with Gasteiger partial charge in [-0.25, -0.2) is 0 Å². The smallest absolute Gasteiger partial charge is 0.0423 e. The topological polar surface area (TPSA) is 32.5 Å². The fraction of sp³-hybridized carbons (Fsp3) is 0.739. The normalized spacial score (nSPS) is 24.0. The molecular weight excluding hydrogens is 318 g/mol. The van der Waals surface area contributed by atoms with E-state index in [1.807, 2.05) is 0 Å². The lowest BCUT2D eigenvalue weighted by Crippen LogP contribution is -2.47. The minimum Gasteiger partial charge on any atom is -0.399 e. The molecule has 1 heterocycles. The molecule has 0 radical (unpaired) electrons. The first-order chi connectivity index (χ1) is 12.2. The molecule has 1 saturated carbocycles. The van der Waals surface area contributed by atoms with E-state index < -0.39 is 0 Å². The molecule has 1 aliphatic heterocycles. The van der Waals surface area contributed by atoms with Gasteiger partial charge in [-0.2, -0.15) is 0 Å². The predicted molar refractivity (Wildman–Crippen MR) is 114 cm³/mol. The zero-order chi connectivity index (χ0) is 18.9. The van der Waals surface area contributed by atoms with E-state index in [9.17, 15) is 0 Å². The lowest BCUT2D eigenvalue weighted by Gasteiger charge is -2.46. The molecule has 1 aromatic rings. The molecule has 0 amide bonds. The number of hydrogen-bond donors (Lipinski definition) is 1. The molecule has 0 unspecified atom stereocenters. The average Bonchev–Trinajstić information content (AvgIpc) is 2.53. The quantitative estimate of drug-likeness (QED) is 0.759. The molecule has 3 nitrogen and oxygen atoms in total. The van der Waals surface area contributed by atoms with Crippen LogP contribution >= 0.6 is 0 Å². The van der Waals surface area contributed by atoms with Gasteiger partial charge in [0.25, 0.3) is 0 Å². The van der Waals surface area contributed by atoms with Crippen molar-refractivity contribution in [2.24, 2.45) is 10.8 Å². The maximum atomic E-state index is 6.21. The molecule has 3 heteroatoms. The second-order valence-corrected chi connectivity index (χ2v) is 10.3. The zero-order valence-corrected chi connectivity index (χ0v) is 17.6. The molecular formula is C23H39N3. The zero-order valence-electron chi connectivity index (χ0n) is 17.6. The van der Waals surface area contributed by atoms with E-state index in [1.54, 1.807) is 0 Å². The molecule has 1 saturated heterocycles. The molecule has 3 rings (SSSR count). The lowest BCUT2D eigenvalue weighted by molar-refractivity contribution is 0.0970. The van der Waals surface area contributed by atoms with E-state index >= 15 is 0 Å². The Labute approximate surface area is 160 Å². The third kappa shape index (κ3) is 4.54. The van der Waals surface area contributed by atoms with Gasteiger partial charge in [0.1, 0.15) is 0 Å². The van der Waals surface area contributed by atoms with Gasteiger partial charge in [0, 0.05) is 37.6 Å². The molecule has 0 atom stereocenters. The summed E-state index contributed by atoms with van der Waals surface area (Å²) in [7, 11) is 0. The summed E-state index contributed by atoms with van der Waals surface area (Å²) in [6.45, 7) is 17.9. The van der Waals surface area contributed by atoms with Crippen LogP contribution in [0.2, 0.25) is 0 Å². The van der Waals surface area contributed by atoms with Crippen LogP contribution < -0.4 is 10.6 Å². The van der Waals surface area contributed by atoms with Crippen molar-refractivity contribution in [3.8, 4) is 0 Å². The van der Waals surface area contributed by atoms with Crippen LogP contribution in [0, 0.1) is 10.8 Å². The van der Waals surface area contributed by atoms with E-state index in [0.29, 0.717) is 16.7 Å². The SMILES string of the molecule is CCCN1CCN(c2cc(N)ccc2C2CC(C)(C)CC(C)(C)C2)CC1. The summed E-state index contributed by atoms with van der Waals surface area (Å²) >= 11 is 0. The van der Waals surface area contributed by atoms with Gasteiger partial charge in [-0.3, -0.25) is 4.90 Å². The molecule has 0 spiro atoms. The average molecular weight is 358 g/mol. The first kappa shape index (κ1) is 19.5. The number of anilines is 2. The van der Waals surface area contributed by atoms with E-state index in [-0.39, 0.29) is 0 Å². The standard InChI is InChI=1S/C23H39N3/c1-6-9-25-10-12-26(13-11-25)21-14-19(24)7-8-20(21)18-15-22(2,3)17-23(4,5)16-18/h7-8,14,18H,6,9-13,15-17,24H2,1-5H3. The number of rotatable bonds is 4. The Kier molecular flexibility index (Phi) is 5.58. The number of piperazine rings is 1. The Morgan fingerprint density at radius 2 is 1.62 bits per heavy atom. The number of hydrogen-bond acceptors (Lipinski definition) is 3. The second kappa shape index (κ2) is 7.42. The van der Waals surface area contributed by atoms with Crippen molar-refractivity contribution in [2.75, 3.05) is 43.4 Å². The summed E-state index contributed by atoms with van der Waals surface area (Å²) in [5.74, 6) is 0.637. The second-order valence-electron chi connectivity index (χ2n) is 10.3. The summed E-state index contributed by atoms with van der Waals surface area (Å²) in [6.07, 6.45) is 5.12. The van der Waals surface area contributed by atoms with Gasteiger partial charge >= 0.3 is 0 Å². The molecule has 2 fully saturated rings. The highest BCUT2D eigenvalue weighted by atomic mass is 15.3. The third-order valence-corrected chi connectivity index (χ3v) is 6.30. The number of benzene rings is 1. The lowest BCUT2D eigenvalue weighted by atomic mass is 9.60. The highest BCUT2D eigenvalue weighted by molar-refractivity contribution is 5.63. The molecule has 0 bridgehead atoms. The van der Waals surface area contributed by atoms with Crippen molar-refractivity contribution in [2.45, 2.75) is 66.2 Å². The Balaban J connectivity index is 1.85. The first-order valence-corrected chi connectivity index (χ1v) is 10.6. The van der Waals surface area contributed by atoms with E-state index in [2.05, 4.69) is 62.6 Å². The van der Waals surface area contributed by atoms with Crippen LogP contribution in [0.15, 0.2) is 18.2 Å². The summed E-state index contributed by atoms with van der Waals surface area (Å²) in [5, 5.41) is 0. The molecule has 1 aromatic carbocycles. The van der Waals surface area contributed by atoms with Gasteiger partial charge < -0.3 is 10.6 Å². The maximum absolute atomic E-state index is 6.21. The Hall–Kier alpha value is -1.22. The Morgan fingerprint density at radius 1 is 1.00 bits per heavy atom. The molecule has 0 aromatic heterocycles. The number of nitrogens with two attached hydrogens (primary N) is 1. The van der Waals surface area contributed by atoms with Crippen molar-refractivity contribution in [3.63, 3.8) is 0 Å². The van der Waals surface area contributed by atoms with Crippen LogP contribution in [-0.4, -0.2) is 37.6 Å². The Bertz CT molecular complexity index is 596. The maximum Gasteiger partial charge on any atom is 0.0423 e. The summed E-state index contributed by atoms with van der Waals surface area (Å²) in [4.78, 5) is 5.18. The fourth-order valence-electron chi connectivity index (χ4n) is 5.77. The van der Waals surface area contributed by atoms with Gasteiger partial charge in [-0.15, -0.1) is 0 Å². The highest BCUT2D eigenvalue weighted by Crippen LogP contribution is 2.53. The van der Waals surface area contributed by atoms with Crippen LogP contribution in [0.1, 0.15) is 71.8 Å². The van der Waals surface area contributed by atoms with E-state index in [1.165, 1.54) is 56.6 Å². The Morgan fingerprint density at radius 3 is 2.19 bits per heavy atom. The van der Waals surface area contributed by atoms with Gasteiger partial charge in [-0.1, -0.05) is 40.7 Å². The minimum absolute atomic E-state index is 0.408. The van der Waals surface area contributed by atoms with Gasteiger partial charge in [0.15, 0.2) is 0 Å². The third-order valence-electron chi connectivity index (χ3n) is 6.30. The van der Waals surface area contributed by atoms with Crippen LogP contribution in [0.5, 0.6) is 0 Å². The van der Waals surface area contributed by atoms with Crippen molar-refractivity contribution in [1.82, 2.24) is 4.90 Å². The van der Waals surface area contributed by atoms with Crippen LogP contribution in [-0.2, 0) is 0 Å². The minimum atomic E-state index is 0.408. The number of nitrogens with zero attached hydrogens (tertiary/aromatic N) is 2. The monoisotopic (exact) mass is 357 g/mol. The first-order valence-electron chi connectivity index (χ1n) is 10.6. The number of nitrogen functional groups attached to an aromatic ring is 1. The van der Waals surface area contributed by atoms with Crippen LogP contribution in [0.4, 0.5) is 11.4 Å². The molecule has 1 aliphatic carbocycles. The summed E-state index contributed by atoms with van der Waals surface area (Å²) in [5.41, 5.74) is 10.9. The van der Waals surface area contributed by atoms with Gasteiger partial charge in [0.2, 0.25) is 0 Å². The van der Waals surface area contributed by atoms with Gasteiger partial charge in [-0.05, 0) is 66.7 Å². The fourth-order valence-corrected chi connectivity index (χ4v) is 5.77. The summed E-state index contributed by atoms with van der Waals surface area (Å²) < 4.78 is 0. The van der Waals surface area contributed by atoms with Crippen molar-refractivity contribution in [3.05, 3.63) is 23.8 Å². The molecule has 146 valence electrons. The predicted octanol–water partition coefficient (Wildman–Crippen LogP) is 5.12. The van der Waals surface area contributed by atoms with Crippen LogP contribution in [0.25, 0.3) is 0 Å². The largest absolute Gasteiger partial charge is 0.399 e. The van der Waals surface area contributed by atoms with Gasteiger partial charge in [0.05, 0.1) is 0 Å². The molecule has 2 N–H and O–H groups in total. The van der Waals surface area contributed by atoms with Crippen LogP contribution in [0.3, 0.4) is 0 Å². The highest BCUT2D eigenvalue weighted by Gasteiger charge is 2.40. The van der Waals surface area contributed by atoms with Crippen molar-refractivity contribution in [1.29, 1.82) is 0 Å². The summed E-state index contributed by atoms with van der Waals surface area (Å²) in [6, 6.07) is 6.67. The van der Waals surface area contributed by atoms with E-state index in [0.717, 1.165) is 18.8 Å².